The molecule has 0 aromatic carbocycles. The Morgan fingerprint density at radius 3 is 2.55 bits per heavy atom. The first-order valence-corrected chi connectivity index (χ1v) is 3.52. The molecule has 0 radical (unpaired) electrons. The number of aromatic nitrogens is 2. The monoisotopic (exact) mass is 228 g/mol. The summed E-state index contributed by atoms with van der Waals surface area (Å²) in [6.07, 6.45) is -1.63. The molecule has 62 valence electrons. The van der Waals surface area contributed by atoms with E-state index in [2.05, 4.69) is 20.9 Å². The highest BCUT2D eigenvalue weighted by atomic mass is 79.9. The van der Waals surface area contributed by atoms with E-state index in [1.165, 1.54) is 12.4 Å². The summed E-state index contributed by atoms with van der Waals surface area (Å²) in [5.41, 5.74) is 0. The minimum atomic E-state index is -4.19. The van der Waals surface area contributed by atoms with Crippen LogP contribution < -0.4 is 0 Å². The van der Waals surface area contributed by atoms with Gasteiger partial charge >= 0.3 is 6.18 Å². The van der Waals surface area contributed by atoms with Crippen LogP contribution in [0.5, 0.6) is 0 Å². The molecule has 0 saturated heterocycles. The van der Waals surface area contributed by atoms with E-state index in [1.54, 1.807) is 0 Å². The van der Waals surface area contributed by atoms with E-state index >= 15 is 0 Å². The molecule has 1 rings (SSSR count). The third-order valence-corrected chi connectivity index (χ3v) is 1.67. The molecule has 0 aliphatic heterocycles. The fraction of sp³-hybridized carbons (Fsp3) is 0.400. The van der Waals surface area contributed by atoms with Crippen LogP contribution in [0.4, 0.5) is 13.2 Å². The zero-order chi connectivity index (χ0) is 8.48. The third-order valence-electron chi connectivity index (χ3n) is 1.01. The number of rotatable bonds is 1. The van der Waals surface area contributed by atoms with Gasteiger partial charge in [0, 0.05) is 12.4 Å². The van der Waals surface area contributed by atoms with Gasteiger partial charge in [-0.05, 0) is 15.9 Å². The van der Waals surface area contributed by atoms with Gasteiger partial charge < -0.3 is 4.57 Å². The van der Waals surface area contributed by atoms with Crippen LogP contribution in [0.25, 0.3) is 0 Å². The summed E-state index contributed by atoms with van der Waals surface area (Å²) in [6, 6.07) is 0. The summed E-state index contributed by atoms with van der Waals surface area (Å²) in [4.78, 5) is 3.58. The molecule has 0 bridgehead atoms. The van der Waals surface area contributed by atoms with E-state index in [9.17, 15) is 13.2 Å². The van der Waals surface area contributed by atoms with Gasteiger partial charge in [-0.3, -0.25) is 0 Å². The Labute approximate surface area is 69.2 Å². The zero-order valence-electron chi connectivity index (χ0n) is 5.27. The van der Waals surface area contributed by atoms with Crippen LogP contribution in [0.1, 0.15) is 0 Å². The Hall–Kier alpha value is -0.520. The molecule has 6 heteroatoms. The predicted octanol–water partition coefficient (Wildman–Crippen LogP) is 2.21. The molecule has 1 aromatic heterocycles. The summed E-state index contributed by atoms with van der Waals surface area (Å²) >= 11 is 2.87. The van der Waals surface area contributed by atoms with Gasteiger partial charge in [0.2, 0.25) is 0 Å². The summed E-state index contributed by atoms with van der Waals surface area (Å²) < 4.78 is 36.4. The quantitative estimate of drug-likeness (QED) is 0.721. The molecule has 0 fully saturated rings. The highest BCUT2D eigenvalue weighted by Crippen LogP contribution is 2.19. The highest BCUT2D eigenvalue weighted by Gasteiger charge is 2.28. The van der Waals surface area contributed by atoms with Crippen molar-refractivity contribution in [1.82, 2.24) is 9.55 Å². The van der Waals surface area contributed by atoms with Crippen LogP contribution in [0.2, 0.25) is 0 Å². The van der Waals surface area contributed by atoms with E-state index in [1.807, 2.05) is 0 Å². The molecule has 2 nitrogen and oxygen atoms in total. The van der Waals surface area contributed by atoms with Crippen molar-refractivity contribution < 1.29 is 13.2 Å². The van der Waals surface area contributed by atoms with Crippen molar-refractivity contribution in [1.29, 1.82) is 0 Å². The molecule has 1 aromatic rings. The Kier molecular flexibility index (Phi) is 2.22. The molecule has 0 N–H and O–H groups in total. The minimum Gasteiger partial charge on any atom is -0.317 e. The molecular formula is C5H4BrF3N2. The standard InChI is InChI=1S/C5H4BrF3N2/c6-4-10-1-2-11(4)3-5(7,8)9/h1-2H,3H2. The van der Waals surface area contributed by atoms with Crippen molar-refractivity contribution in [2.45, 2.75) is 12.7 Å². The normalized spacial score (nSPS) is 12.0. The number of nitrogens with zero attached hydrogens (tertiary/aromatic N) is 2. The van der Waals surface area contributed by atoms with Gasteiger partial charge in [0.15, 0.2) is 4.73 Å². The number of halogens is 4. The van der Waals surface area contributed by atoms with Crippen molar-refractivity contribution in [3.63, 3.8) is 0 Å². The number of imidazole rings is 1. The van der Waals surface area contributed by atoms with Crippen molar-refractivity contribution >= 4 is 15.9 Å². The largest absolute Gasteiger partial charge is 0.406 e. The fourth-order valence-corrected chi connectivity index (χ4v) is 0.984. The fourth-order valence-electron chi connectivity index (χ4n) is 0.622. The van der Waals surface area contributed by atoms with Crippen molar-refractivity contribution in [2.75, 3.05) is 0 Å². The molecule has 0 unspecified atom stereocenters. The van der Waals surface area contributed by atoms with Gasteiger partial charge in [-0.1, -0.05) is 0 Å². The molecule has 0 saturated carbocycles. The second kappa shape index (κ2) is 2.84. The lowest BCUT2D eigenvalue weighted by molar-refractivity contribution is -0.141. The molecule has 0 spiro atoms. The molecular weight excluding hydrogens is 225 g/mol. The lowest BCUT2D eigenvalue weighted by atomic mass is 10.6. The van der Waals surface area contributed by atoms with Crippen LogP contribution in [0.15, 0.2) is 17.1 Å². The summed E-state index contributed by atoms with van der Waals surface area (Å²) in [5, 5.41) is 0. The average Bonchev–Trinajstić information content (AvgIpc) is 2.12. The van der Waals surface area contributed by atoms with Gasteiger partial charge in [0.1, 0.15) is 6.54 Å². The number of hydrogen-bond donors (Lipinski definition) is 0. The number of hydrogen-bond acceptors (Lipinski definition) is 1. The Morgan fingerprint density at radius 2 is 2.18 bits per heavy atom. The molecule has 0 atom stereocenters. The van der Waals surface area contributed by atoms with Crippen LogP contribution in [-0.2, 0) is 6.54 Å². The SMILES string of the molecule is FC(F)(F)Cn1ccnc1Br. The van der Waals surface area contributed by atoms with E-state index in [4.69, 9.17) is 0 Å². The summed E-state index contributed by atoms with van der Waals surface area (Å²) in [7, 11) is 0. The summed E-state index contributed by atoms with van der Waals surface area (Å²) in [6.45, 7) is -1.01. The molecule has 1 heterocycles. The predicted molar refractivity (Wildman–Crippen MR) is 36.0 cm³/mol. The average molecular weight is 229 g/mol. The van der Waals surface area contributed by atoms with Crippen LogP contribution >= 0.6 is 15.9 Å². The van der Waals surface area contributed by atoms with E-state index in [0.29, 0.717) is 0 Å². The maximum Gasteiger partial charge on any atom is 0.406 e. The van der Waals surface area contributed by atoms with Gasteiger partial charge in [0.25, 0.3) is 0 Å². The first-order valence-electron chi connectivity index (χ1n) is 2.72. The van der Waals surface area contributed by atoms with Crippen molar-refractivity contribution in [3.8, 4) is 0 Å². The lowest BCUT2D eigenvalue weighted by Gasteiger charge is -2.06. The zero-order valence-corrected chi connectivity index (χ0v) is 6.85. The maximum absolute atomic E-state index is 11.7. The molecule has 0 aliphatic carbocycles. The first kappa shape index (κ1) is 8.58. The Balaban J connectivity index is 2.72. The van der Waals surface area contributed by atoms with Gasteiger partial charge in [0.05, 0.1) is 0 Å². The topological polar surface area (TPSA) is 17.8 Å². The Bertz CT molecular complexity index is 242. The van der Waals surface area contributed by atoms with Gasteiger partial charge in [-0.25, -0.2) is 4.98 Å². The van der Waals surface area contributed by atoms with Crippen molar-refractivity contribution in [3.05, 3.63) is 17.1 Å². The highest BCUT2D eigenvalue weighted by molar-refractivity contribution is 9.10. The van der Waals surface area contributed by atoms with E-state index in [-0.39, 0.29) is 4.73 Å². The smallest absolute Gasteiger partial charge is 0.317 e. The second-order valence-corrected chi connectivity index (χ2v) is 2.65. The maximum atomic E-state index is 11.7. The molecule has 0 amide bonds. The van der Waals surface area contributed by atoms with E-state index in [0.717, 1.165) is 4.57 Å². The third kappa shape index (κ3) is 2.53. The first-order chi connectivity index (χ1) is 4.99. The molecule has 0 aliphatic rings. The van der Waals surface area contributed by atoms with Crippen LogP contribution in [0, 0.1) is 0 Å². The van der Waals surface area contributed by atoms with Crippen molar-refractivity contribution in [2.24, 2.45) is 0 Å². The lowest BCUT2D eigenvalue weighted by Crippen LogP contribution is -2.17. The van der Waals surface area contributed by atoms with Crippen LogP contribution in [-0.4, -0.2) is 15.7 Å². The summed E-state index contributed by atoms with van der Waals surface area (Å²) in [5.74, 6) is 0. The second-order valence-electron chi connectivity index (χ2n) is 1.94. The Morgan fingerprint density at radius 1 is 1.55 bits per heavy atom. The van der Waals surface area contributed by atoms with E-state index < -0.39 is 12.7 Å². The minimum absolute atomic E-state index is 0.190. The van der Waals surface area contributed by atoms with Gasteiger partial charge in [-0.2, -0.15) is 13.2 Å². The number of alkyl halides is 3. The van der Waals surface area contributed by atoms with Crippen LogP contribution in [0.3, 0.4) is 0 Å². The van der Waals surface area contributed by atoms with Gasteiger partial charge in [-0.15, -0.1) is 0 Å². The molecule has 11 heavy (non-hydrogen) atoms.